The van der Waals surface area contributed by atoms with E-state index < -0.39 is 52.8 Å². The molecule has 14 nitrogen and oxygen atoms in total. The minimum absolute atomic E-state index is 0.118. The van der Waals surface area contributed by atoms with E-state index in [0.717, 1.165) is 40.6 Å². The maximum atomic E-state index is 13.5. The van der Waals surface area contributed by atoms with Gasteiger partial charge in [0.2, 0.25) is 5.28 Å². The van der Waals surface area contributed by atoms with Crippen molar-refractivity contribution in [3.8, 4) is 16.9 Å². The lowest BCUT2D eigenvalue weighted by Gasteiger charge is -2.29. The summed E-state index contributed by atoms with van der Waals surface area (Å²) in [5.74, 6) is -1.12. The second-order valence-corrected chi connectivity index (χ2v) is 11.8. The lowest BCUT2D eigenvalue weighted by Crippen LogP contribution is -2.51. The van der Waals surface area contributed by atoms with E-state index in [0.29, 0.717) is 5.56 Å². The number of rotatable bonds is 10. The summed E-state index contributed by atoms with van der Waals surface area (Å²) in [5, 5.41) is 20.1. The van der Waals surface area contributed by atoms with Gasteiger partial charge in [0.15, 0.2) is 12.2 Å². The smallest absolute Gasteiger partial charge is 0.510 e. The summed E-state index contributed by atoms with van der Waals surface area (Å²) in [5.41, 5.74) is -0.604. The van der Waals surface area contributed by atoms with Crippen molar-refractivity contribution in [2.24, 2.45) is 5.28 Å². The Morgan fingerprint density at radius 1 is 1.09 bits per heavy atom. The summed E-state index contributed by atoms with van der Waals surface area (Å²) in [7, 11) is -3.43. The van der Waals surface area contributed by atoms with Crippen LogP contribution in [-0.2, 0) is 35.3 Å². The van der Waals surface area contributed by atoms with Crippen LogP contribution in [0.3, 0.4) is 0 Å². The van der Waals surface area contributed by atoms with Crippen LogP contribution in [0.2, 0.25) is 0 Å². The number of methoxy groups -OCH3 is 1. The van der Waals surface area contributed by atoms with Gasteiger partial charge in [-0.1, -0.05) is 29.8 Å². The topological polar surface area (TPSA) is 167 Å². The summed E-state index contributed by atoms with van der Waals surface area (Å²) in [6.07, 6.45) is -5.82. The molecule has 0 atom stereocenters. The number of aryl methyl sites for hydroxylation is 1. The molecule has 0 aliphatic heterocycles. The molecule has 1 heterocycles. The number of carbonyl (C=O) groups is 2. The molecule has 1 aromatic heterocycles. The molecule has 0 bridgehead atoms. The van der Waals surface area contributed by atoms with Crippen LogP contribution in [0, 0.1) is 12.1 Å². The van der Waals surface area contributed by atoms with Crippen LogP contribution < -0.4 is 4.72 Å². The van der Waals surface area contributed by atoms with Gasteiger partial charge >= 0.3 is 12.3 Å². The van der Waals surface area contributed by atoms with Gasteiger partial charge in [-0.15, -0.1) is 5.01 Å². The van der Waals surface area contributed by atoms with Crippen LogP contribution in [0.25, 0.3) is 16.9 Å². The highest BCUT2D eigenvalue weighted by atomic mass is 32.2. The number of aromatic nitrogens is 2. The molecule has 0 aliphatic carbocycles. The number of nitrogens with zero attached hydrogens (tertiary/aromatic N) is 5. The molecular formula is C26H29F3N6O8S. The predicted molar refractivity (Wildman–Crippen MR) is 146 cm³/mol. The number of carbonyl (C=O) groups excluding carboxylic acids is 2. The quantitative estimate of drug-likeness (QED) is 0.0840. The Bertz CT molecular complexity index is 1620. The molecule has 0 saturated carbocycles. The minimum Gasteiger partial charge on any atom is -0.569 e. The highest BCUT2D eigenvalue weighted by Crippen LogP contribution is 2.33. The average Bonchev–Trinajstić information content (AvgIpc) is 3.40. The number of benzene rings is 2. The van der Waals surface area contributed by atoms with Gasteiger partial charge in [0.1, 0.15) is 0 Å². The van der Waals surface area contributed by atoms with Crippen LogP contribution in [0.15, 0.2) is 64.8 Å². The van der Waals surface area contributed by atoms with Crippen molar-refractivity contribution in [2.75, 3.05) is 20.4 Å². The number of nitrogens with one attached hydrogen (secondary N) is 1. The Morgan fingerprint density at radius 2 is 1.70 bits per heavy atom. The van der Waals surface area contributed by atoms with Gasteiger partial charge in [0.25, 0.3) is 22.7 Å². The third-order valence-corrected chi connectivity index (χ3v) is 7.17. The lowest BCUT2D eigenvalue weighted by atomic mass is 10.1. The number of sulfonamides is 1. The summed E-state index contributed by atoms with van der Waals surface area (Å²) in [6, 6.07) is 12.3. The first-order valence-corrected chi connectivity index (χ1v) is 14.1. The SMILES string of the molecule is COC(=O)OCO/N=[N+](\[O-])N(CC(=O)NS(=O)(=O)c1ccc(-n2nc(C(F)(F)F)cc2-c2ccc(C)cc2)cc1)C(C)(C)C. The summed E-state index contributed by atoms with van der Waals surface area (Å²) >= 11 is 0. The van der Waals surface area contributed by atoms with Crippen LogP contribution in [0.5, 0.6) is 0 Å². The Morgan fingerprint density at radius 3 is 2.25 bits per heavy atom. The molecule has 0 fully saturated rings. The zero-order valence-electron chi connectivity index (χ0n) is 24.2. The van der Waals surface area contributed by atoms with Crippen molar-refractivity contribution in [2.45, 2.75) is 44.3 Å². The number of halogens is 3. The van der Waals surface area contributed by atoms with E-state index in [2.05, 4.69) is 24.7 Å². The molecular weight excluding hydrogens is 613 g/mol. The first kappa shape index (κ1) is 33.6. The Balaban J connectivity index is 1.80. The van der Waals surface area contributed by atoms with Gasteiger partial charge in [-0.05, 0) is 58.0 Å². The molecule has 44 heavy (non-hydrogen) atoms. The van der Waals surface area contributed by atoms with Gasteiger partial charge in [-0.3, -0.25) is 4.79 Å². The molecule has 0 spiro atoms. The van der Waals surface area contributed by atoms with E-state index in [1.807, 2.05) is 11.6 Å². The van der Waals surface area contributed by atoms with E-state index >= 15 is 0 Å². The molecule has 1 amide bonds. The predicted octanol–water partition coefficient (Wildman–Crippen LogP) is 4.32. The fourth-order valence-corrected chi connectivity index (χ4v) is 4.57. The van der Waals surface area contributed by atoms with Crippen molar-refractivity contribution in [1.82, 2.24) is 19.5 Å². The Hall–Kier alpha value is -4.87. The Labute approximate surface area is 250 Å². The Kier molecular flexibility index (Phi) is 10.1. The van der Waals surface area contributed by atoms with Gasteiger partial charge in [0, 0.05) is 5.56 Å². The maximum Gasteiger partial charge on any atom is 0.510 e. The average molecular weight is 643 g/mol. The molecule has 0 unspecified atom stereocenters. The normalized spacial score (nSPS) is 12.4. The van der Waals surface area contributed by atoms with Gasteiger partial charge < -0.3 is 19.5 Å². The van der Waals surface area contributed by atoms with Gasteiger partial charge in [-0.2, -0.15) is 18.3 Å². The van der Waals surface area contributed by atoms with E-state index in [1.54, 1.807) is 24.3 Å². The van der Waals surface area contributed by atoms with Crippen molar-refractivity contribution in [3.05, 3.63) is 71.1 Å². The molecule has 3 rings (SSSR count). The first-order valence-electron chi connectivity index (χ1n) is 12.6. The van der Waals surface area contributed by atoms with Crippen molar-refractivity contribution < 1.29 is 50.5 Å². The van der Waals surface area contributed by atoms with E-state index in [-0.39, 0.29) is 21.2 Å². The molecule has 1 N–H and O–H groups in total. The number of hydrogen-bond donors (Lipinski definition) is 1. The van der Waals surface area contributed by atoms with E-state index in [1.165, 1.54) is 32.9 Å². The fraction of sp³-hybridized carbons (Fsp3) is 0.346. The molecule has 0 saturated heterocycles. The number of hydrogen-bond acceptors (Lipinski definition) is 10. The molecule has 18 heteroatoms. The molecule has 238 valence electrons. The monoisotopic (exact) mass is 642 g/mol. The third kappa shape index (κ3) is 8.59. The lowest BCUT2D eigenvalue weighted by molar-refractivity contribution is -0.723. The van der Waals surface area contributed by atoms with Crippen LogP contribution in [0.1, 0.15) is 32.0 Å². The molecule has 0 radical (unpaired) electrons. The summed E-state index contributed by atoms with van der Waals surface area (Å²) < 4.78 is 77.9. The van der Waals surface area contributed by atoms with Crippen molar-refractivity contribution in [3.63, 3.8) is 0 Å². The standard InChI is InChI=1S/C26H29F3N6O8S/c1-17-6-8-18(9-7-17)21-14-22(26(27,28)29)30-34(21)19-10-12-20(13-11-19)44(39,40)31-23(36)15-33(25(2,3)4)35(38)32-43-16-42-24(37)41-5/h6-14H,15-16H2,1-5H3,(H,31,36)/b35-32-. The van der Waals surface area contributed by atoms with Crippen LogP contribution >= 0.6 is 0 Å². The molecule has 3 aromatic rings. The van der Waals surface area contributed by atoms with Crippen molar-refractivity contribution in [1.29, 1.82) is 0 Å². The van der Waals surface area contributed by atoms with Gasteiger partial charge in [-0.25, -0.2) is 22.6 Å². The third-order valence-electron chi connectivity index (χ3n) is 5.78. The number of alkyl halides is 3. The van der Waals surface area contributed by atoms with Crippen molar-refractivity contribution >= 4 is 22.1 Å². The summed E-state index contributed by atoms with van der Waals surface area (Å²) in [6.45, 7) is 4.85. The number of ether oxygens (including phenoxy) is 2. The van der Waals surface area contributed by atoms with Crippen LogP contribution in [-0.4, -0.2) is 66.2 Å². The largest absolute Gasteiger partial charge is 0.569 e. The zero-order valence-corrected chi connectivity index (χ0v) is 25.0. The summed E-state index contributed by atoms with van der Waals surface area (Å²) in [4.78, 5) is 27.7. The number of amides is 1. The minimum atomic E-state index is -4.73. The zero-order chi connectivity index (χ0) is 32.9. The maximum absolute atomic E-state index is 13.5. The van der Waals surface area contributed by atoms with Gasteiger partial charge in [0.05, 0.1) is 33.9 Å². The van der Waals surface area contributed by atoms with Crippen LogP contribution in [0.4, 0.5) is 18.0 Å². The van der Waals surface area contributed by atoms with E-state index in [4.69, 9.17) is 0 Å². The highest BCUT2D eigenvalue weighted by molar-refractivity contribution is 7.90. The first-order chi connectivity index (χ1) is 20.4. The second kappa shape index (κ2) is 13.2. The highest BCUT2D eigenvalue weighted by Gasteiger charge is 2.36. The fourth-order valence-electron chi connectivity index (χ4n) is 3.59. The van der Waals surface area contributed by atoms with E-state index in [9.17, 15) is 36.4 Å². The molecule has 0 aliphatic rings. The molecule has 2 aromatic carbocycles. The second-order valence-electron chi connectivity index (χ2n) is 10.1. The number of hydrazine groups is 1.